The molecule has 0 N–H and O–H groups in total. The van der Waals surface area contributed by atoms with E-state index in [2.05, 4.69) is 37.5 Å². The molecule has 10 heteroatoms. The van der Waals surface area contributed by atoms with Gasteiger partial charge < -0.3 is 19.6 Å². The van der Waals surface area contributed by atoms with E-state index in [0.29, 0.717) is 10.5 Å². The zero-order valence-corrected chi connectivity index (χ0v) is 26.4. The van der Waals surface area contributed by atoms with Gasteiger partial charge in [0.2, 0.25) is 0 Å². The monoisotopic (exact) mass is 578 g/mol. The van der Waals surface area contributed by atoms with Crippen LogP contribution in [0.4, 0.5) is 9.59 Å². The van der Waals surface area contributed by atoms with Crippen LogP contribution in [0.3, 0.4) is 0 Å². The first kappa shape index (κ1) is 32.5. The second-order valence-electron chi connectivity index (χ2n) is 9.66. The summed E-state index contributed by atoms with van der Waals surface area (Å²) in [6, 6.07) is 0. The molecule has 0 aromatic carbocycles. The molecule has 2 rings (SSSR count). The van der Waals surface area contributed by atoms with Gasteiger partial charge in [0.05, 0.1) is 0 Å². The van der Waals surface area contributed by atoms with Crippen LogP contribution in [0.15, 0.2) is 0 Å². The summed E-state index contributed by atoms with van der Waals surface area (Å²) in [5.41, 5.74) is 0. The maximum absolute atomic E-state index is 12.7. The molecule has 0 saturated carbocycles. The van der Waals surface area contributed by atoms with Crippen LogP contribution in [0.5, 0.6) is 0 Å². The van der Waals surface area contributed by atoms with E-state index in [4.69, 9.17) is 0 Å². The SMILES string of the molecule is CCN(CC)C(=O)SCC(CN1CCCCC1)SSC(CSC(=O)N(CC)CC)CN1CCCCC1. The van der Waals surface area contributed by atoms with Crippen LogP contribution in [0.25, 0.3) is 0 Å². The fraction of sp³-hybridized carbons (Fsp3) is 0.923. The summed E-state index contributed by atoms with van der Waals surface area (Å²) in [6.45, 7) is 18.2. The number of nitrogens with zero attached hydrogens (tertiary/aromatic N) is 4. The molecule has 2 aliphatic rings. The van der Waals surface area contributed by atoms with Gasteiger partial charge in [0.15, 0.2) is 0 Å². The Labute approximate surface area is 237 Å². The minimum Gasteiger partial charge on any atom is -0.334 e. The summed E-state index contributed by atoms with van der Waals surface area (Å²) >= 11 is 2.99. The molecule has 0 bridgehead atoms. The van der Waals surface area contributed by atoms with Crippen molar-refractivity contribution < 1.29 is 9.59 Å². The molecule has 2 heterocycles. The molecule has 36 heavy (non-hydrogen) atoms. The van der Waals surface area contributed by atoms with Crippen molar-refractivity contribution >= 4 is 55.6 Å². The summed E-state index contributed by atoms with van der Waals surface area (Å²) < 4.78 is 0. The molecule has 6 nitrogen and oxygen atoms in total. The van der Waals surface area contributed by atoms with Crippen molar-refractivity contribution in [2.75, 3.05) is 77.0 Å². The fourth-order valence-electron chi connectivity index (χ4n) is 4.71. The predicted molar refractivity (Wildman–Crippen MR) is 165 cm³/mol. The first-order valence-corrected chi connectivity index (χ1v) is 18.4. The Balaban J connectivity index is 1.98. The molecule has 2 fully saturated rings. The summed E-state index contributed by atoms with van der Waals surface area (Å²) in [7, 11) is 3.94. The molecule has 0 spiro atoms. The number of carbonyl (C=O) groups excluding carboxylic acids is 2. The van der Waals surface area contributed by atoms with Crippen LogP contribution >= 0.6 is 45.1 Å². The number of amides is 2. The summed E-state index contributed by atoms with van der Waals surface area (Å²) in [6.07, 6.45) is 7.84. The van der Waals surface area contributed by atoms with E-state index >= 15 is 0 Å². The van der Waals surface area contributed by atoms with E-state index in [1.54, 1.807) is 0 Å². The largest absolute Gasteiger partial charge is 0.334 e. The average molecular weight is 579 g/mol. The predicted octanol–water partition coefficient (Wildman–Crippen LogP) is 6.47. The molecule has 2 saturated heterocycles. The number of hydrogen-bond acceptors (Lipinski definition) is 8. The minimum absolute atomic E-state index is 0.208. The van der Waals surface area contributed by atoms with Crippen molar-refractivity contribution in [1.82, 2.24) is 19.6 Å². The van der Waals surface area contributed by atoms with E-state index < -0.39 is 0 Å². The first-order chi connectivity index (χ1) is 17.5. The molecule has 0 aromatic heterocycles. The number of likely N-dealkylation sites (tertiary alicyclic amines) is 2. The molecule has 0 aliphatic carbocycles. The third-order valence-electron chi connectivity index (χ3n) is 6.98. The standard InChI is InChI=1S/C26H50N4O2S4/c1-5-29(6-2)25(31)33-21-23(19-27-15-11-9-12-16-27)35-36-24(20-28-17-13-10-14-18-28)22-34-26(32)30(7-3)8-4/h23-24H,5-22H2,1-4H3. The van der Waals surface area contributed by atoms with E-state index in [1.807, 2.05) is 31.4 Å². The number of piperidine rings is 2. The Morgan fingerprint density at radius 2 is 0.944 bits per heavy atom. The van der Waals surface area contributed by atoms with Crippen molar-refractivity contribution in [2.45, 2.75) is 76.7 Å². The van der Waals surface area contributed by atoms with Gasteiger partial charge >= 0.3 is 0 Å². The molecule has 210 valence electrons. The first-order valence-electron chi connectivity index (χ1n) is 14.1. The molecule has 2 atom stereocenters. The Hall–Kier alpha value is 0.260. The normalized spacial score (nSPS) is 19.1. The Morgan fingerprint density at radius 1 is 0.611 bits per heavy atom. The Morgan fingerprint density at radius 3 is 1.25 bits per heavy atom. The van der Waals surface area contributed by atoms with Crippen molar-refractivity contribution in [3.8, 4) is 0 Å². The van der Waals surface area contributed by atoms with E-state index in [-0.39, 0.29) is 10.5 Å². The molecule has 2 amide bonds. The lowest BCUT2D eigenvalue weighted by Gasteiger charge is -2.32. The Bertz CT molecular complexity index is 559. The van der Waals surface area contributed by atoms with Gasteiger partial charge in [0.1, 0.15) is 0 Å². The summed E-state index contributed by atoms with van der Waals surface area (Å²) in [5, 5.41) is 1.23. The molecule has 2 aliphatic heterocycles. The van der Waals surface area contributed by atoms with Crippen molar-refractivity contribution in [1.29, 1.82) is 0 Å². The van der Waals surface area contributed by atoms with Gasteiger partial charge in [-0.3, -0.25) is 9.59 Å². The van der Waals surface area contributed by atoms with Gasteiger partial charge in [-0.1, -0.05) is 58.0 Å². The maximum Gasteiger partial charge on any atom is 0.281 e. The topological polar surface area (TPSA) is 47.1 Å². The maximum atomic E-state index is 12.7. The second kappa shape index (κ2) is 19.3. The van der Waals surface area contributed by atoms with Crippen LogP contribution in [-0.4, -0.2) is 118 Å². The summed E-state index contributed by atoms with van der Waals surface area (Å²) in [4.78, 5) is 34.5. The second-order valence-corrected chi connectivity index (χ2v) is 14.5. The highest BCUT2D eigenvalue weighted by molar-refractivity contribution is 8.77. The quantitative estimate of drug-likeness (QED) is 0.205. The number of hydrogen-bond donors (Lipinski definition) is 0. The molecule has 2 unspecified atom stereocenters. The minimum atomic E-state index is 0.208. The average Bonchev–Trinajstić information content (AvgIpc) is 2.91. The summed E-state index contributed by atoms with van der Waals surface area (Å²) in [5.74, 6) is 1.71. The van der Waals surface area contributed by atoms with Gasteiger partial charge in [0.25, 0.3) is 10.5 Å². The molecule has 0 radical (unpaired) electrons. The number of carbonyl (C=O) groups is 2. The van der Waals surface area contributed by atoms with Gasteiger partial charge in [-0.25, -0.2) is 0 Å². The molecular formula is C26H50N4O2S4. The van der Waals surface area contributed by atoms with Crippen LogP contribution in [-0.2, 0) is 0 Å². The van der Waals surface area contributed by atoms with E-state index in [0.717, 1.165) is 50.8 Å². The van der Waals surface area contributed by atoms with Gasteiger partial charge in [-0.05, 0) is 79.6 Å². The smallest absolute Gasteiger partial charge is 0.281 e. The highest BCUT2D eigenvalue weighted by atomic mass is 33.1. The fourth-order valence-corrected chi connectivity index (χ4v) is 10.5. The zero-order valence-electron chi connectivity index (χ0n) is 23.1. The molecule has 0 aromatic rings. The lowest BCUT2D eigenvalue weighted by Crippen LogP contribution is -2.38. The van der Waals surface area contributed by atoms with Crippen LogP contribution in [0.1, 0.15) is 66.2 Å². The highest BCUT2D eigenvalue weighted by Crippen LogP contribution is 2.36. The van der Waals surface area contributed by atoms with Crippen LogP contribution in [0.2, 0.25) is 0 Å². The number of thioether (sulfide) groups is 2. The lowest BCUT2D eigenvalue weighted by molar-refractivity contribution is 0.227. The van der Waals surface area contributed by atoms with Gasteiger partial charge in [-0.15, -0.1) is 0 Å². The molecular weight excluding hydrogens is 529 g/mol. The van der Waals surface area contributed by atoms with Gasteiger partial charge in [0, 0.05) is 61.3 Å². The number of rotatable bonds is 15. The van der Waals surface area contributed by atoms with Crippen molar-refractivity contribution in [3.63, 3.8) is 0 Å². The zero-order chi connectivity index (χ0) is 26.2. The van der Waals surface area contributed by atoms with E-state index in [9.17, 15) is 9.59 Å². The third-order valence-corrected chi connectivity index (χ3v) is 12.8. The lowest BCUT2D eigenvalue weighted by atomic mass is 10.1. The Kier molecular flexibility index (Phi) is 17.4. The van der Waals surface area contributed by atoms with Crippen LogP contribution < -0.4 is 0 Å². The third kappa shape index (κ3) is 12.4. The van der Waals surface area contributed by atoms with Gasteiger partial charge in [-0.2, -0.15) is 0 Å². The van der Waals surface area contributed by atoms with E-state index in [1.165, 1.54) is 88.2 Å². The van der Waals surface area contributed by atoms with Crippen molar-refractivity contribution in [2.24, 2.45) is 0 Å². The van der Waals surface area contributed by atoms with Crippen molar-refractivity contribution in [3.05, 3.63) is 0 Å². The van der Waals surface area contributed by atoms with Crippen LogP contribution in [0, 0.1) is 0 Å². The highest BCUT2D eigenvalue weighted by Gasteiger charge is 2.25.